The van der Waals surface area contributed by atoms with Gasteiger partial charge in [-0.1, -0.05) is 42.5 Å². The molecular formula is C23H25N3O3. The number of carbonyl (C=O) groups is 1. The topological polar surface area (TPSA) is 65.4 Å². The lowest BCUT2D eigenvalue weighted by Crippen LogP contribution is -2.30. The molecule has 0 unspecified atom stereocenters. The predicted octanol–water partition coefficient (Wildman–Crippen LogP) is 3.45. The van der Waals surface area contributed by atoms with Gasteiger partial charge < -0.3 is 14.8 Å². The molecule has 1 fully saturated rings. The van der Waals surface area contributed by atoms with Crippen LogP contribution < -0.4 is 10.1 Å². The van der Waals surface area contributed by atoms with E-state index >= 15 is 0 Å². The average molecular weight is 391 g/mol. The number of methoxy groups -OCH3 is 1. The third kappa shape index (κ3) is 4.66. The van der Waals surface area contributed by atoms with Crippen LogP contribution in [0.1, 0.15) is 34.0 Å². The molecule has 0 aliphatic carbocycles. The van der Waals surface area contributed by atoms with Crippen LogP contribution in [-0.2, 0) is 11.3 Å². The minimum Gasteiger partial charge on any atom is -0.497 e. The van der Waals surface area contributed by atoms with Crippen molar-refractivity contribution in [3.8, 4) is 5.75 Å². The summed E-state index contributed by atoms with van der Waals surface area (Å²) in [5.41, 5.74) is 2.82. The average Bonchev–Trinajstić information content (AvgIpc) is 3.43. The van der Waals surface area contributed by atoms with Gasteiger partial charge in [-0.3, -0.25) is 9.48 Å². The van der Waals surface area contributed by atoms with Gasteiger partial charge >= 0.3 is 0 Å². The van der Waals surface area contributed by atoms with Crippen LogP contribution in [0.5, 0.6) is 5.75 Å². The first kappa shape index (κ1) is 19.2. The van der Waals surface area contributed by atoms with Crippen LogP contribution in [0.25, 0.3) is 0 Å². The number of hydrogen-bond donors (Lipinski definition) is 1. The standard InChI is InChI=1S/C23H25N3O3/c1-28-21-9-7-17(8-10-21)15-26-16-20(14-25-26)23(27)24-13-19-11-12-29-22(19)18-5-3-2-4-6-18/h2-10,14,16,19,22H,11-13,15H2,1H3,(H,24,27)/t19-,22-/m0/s1. The van der Waals surface area contributed by atoms with E-state index in [1.807, 2.05) is 42.5 Å². The molecule has 2 atom stereocenters. The molecule has 6 heteroatoms. The molecule has 4 rings (SSSR count). The Morgan fingerprint density at radius 3 is 2.76 bits per heavy atom. The Balaban J connectivity index is 1.33. The van der Waals surface area contributed by atoms with E-state index in [9.17, 15) is 4.79 Å². The SMILES string of the molecule is COc1ccc(Cn2cc(C(=O)NC[C@@H]3CCO[C@H]3c3ccccc3)cn2)cc1. The minimum atomic E-state index is -0.107. The van der Waals surface area contributed by atoms with Gasteiger partial charge in [-0.05, 0) is 29.7 Å². The van der Waals surface area contributed by atoms with Crippen LogP contribution in [0, 0.1) is 5.92 Å². The Labute approximate surface area is 170 Å². The molecule has 0 spiro atoms. The molecule has 2 aromatic carbocycles. The molecule has 29 heavy (non-hydrogen) atoms. The fourth-order valence-electron chi connectivity index (χ4n) is 3.67. The van der Waals surface area contributed by atoms with Crippen LogP contribution in [0.4, 0.5) is 0 Å². The number of nitrogens with zero attached hydrogens (tertiary/aromatic N) is 2. The summed E-state index contributed by atoms with van der Waals surface area (Å²) in [4.78, 5) is 12.6. The highest BCUT2D eigenvalue weighted by Gasteiger charge is 2.29. The summed E-state index contributed by atoms with van der Waals surface area (Å²) in [6, 6.07) is 18.0. The molecule has 6 nitrogen and oxygen atoms in total. The van der Waals surface area contributed by atoms with E-state index in [4.69, 9.17) is 9.47 Å². The minimum absolute atomic E-state index is 0.0364. The predicted molar refractivity (Wildman–Crippen MR) is 110 cm³/mol. The number of aromatic nitrogens is 2. The second-order valence-corrected chi connectivity index (χ2v) is 7.24. The summed E-state index contributed by atoms with van der Waals surface area (Å²) in [5.74, 6) is 0.986. The number of benzene rings is 2. The molecule has 1 aliphatic rings. The second-order valence-electron chi connectivity index (χ2n) is 7.24. The van der Waals surface area contributed by atoms with Crippen LogP contribution in [-0.4, -0.2) is 35.9 Å². The van der Waals surface area contributed by atoms with E-state index in [0.29, 0.717) is 18.7 Å². The number of rotatable bonds is 7. The van der Waals surface area contributed by atoms with Gasteiger partial charge in [-0.15, -0.1) is 0 Å². The number of hydrogen-bond acceptors (Lipinski definition) is 4. The molecule has 0 radical (unpaired) electrons. The van der Waals surface area contributed by atoms with Crippen LogP contribution in [0.15, 0.2) is 67.0 Å². The largest absolute Gasteiger partial charge is 0.497 e. The van der Waals surface area contributed by atoms with Gasteiger partial charge in [0.1, 0.15) is 5.75 Å². The van der Waals surface area contributed by atoms with Crippen LogP contribution in [0.2, 0.25) is 0 Å². The van der Waals surface area contributed by atoms with Crippen molar-refractivity contribution >= 4 is 5.91 Å². The highest BCUT2D eigenvalue weighted by molar-refractivity contribution is 5.93. The molecule has 1 aliphatic heterocycles. The fraction of sp³-hybridized carbons (Fsp3) is 0.304. The zero-order valence-corrected chi connectivity index (χ0v) is 16.5. The van der Waals surface area contributed by atoms with E-state index in [0.717, 1.165) is 29.9 Å². The molecule has 0 bridgehead atoms. The van der Waals surface area contributed by atoms with Crippen molar-refractivity contribution in [2.45, 2.75) is 19.1 Å². The Kier molecular flexibility index (Phi) is 5.91. The molecule has 0 saturated carbocycles. The van der Waals surface area contributed by atoms with Gasteiger partial charge in [0.25, 0.3) is 5.91 Å². The molecule has 1 saturated heterocycles. The normalized spacial score (nSPS) is 18.5. The maximum Gasteiger partial charge on any atom is 0.254 e. The van der Waals surface area contributed by atoms with E-state index < -0.39 is 0 Å². The maximum absolute atomic E-state index is 12.6. The number of carbonyl (C=O) groups excluding carboxylic acids is 1. The van der Waals surface area contributed by atoms with Crippen molar-refractivity contribution in [2.24, 2.45) is 5.92 Å². The van der Waals surface area contributed by atoms with Crippen molar-refractivity contribution < 1.29 is 14.3 Å². The van der Waals surface area contributed by atoms with Crippen LogP contribution in [0.3, 0.4) is 0 Å². The molecule has 150 valence electrons. The molecule has 1 aromatic heterocycles. The third-order valence-electron chi connectivity index (χ3n) is 5.27. The lowest BCUT2D eigenvalue weighted by atomic mass is 9.95. The summed E-state index contributed by atoms with van der Waals surface area (Å²) in [6.07, 6.45) is 4.36. The highest BCUT2D eigenvalue weighted by Crippen LogP contribution is 2.33. The van der Waals surface area contributed by atoms with E-state index in [2.05, 4.69) is 22.5 Å². The van der Waals surface area contributed by atoms with Crippen molar-refractivity contribution in [3.63, 3.8) is 0 Å². The summed E-state index contributed by atoms with van der Waals surface area (Å²) < 4.78 is 12.8. The quantitative estimate of drug-likeness (QED) is 0.670. The smallest absolute Gasteiger partial charge is 0.254 e. The molecule has 3 aromatic rings. The van der Waals surface area contributed by atoms with E-state index in [1.165, 1.54) is 0 Å². The number of amides is 1. The first-order valence-electron chi connectivity index (χ1n) is 9.83. The monoisotopic (exact) mass is 391 g/mol. The van der Waals surface area contributed by atoms with Gasteiger partial charge in [0, 0.05) is 25.3 Å². The summed E-state index contributed by atoms with van der Waals surface area (Å²) in [5, 5.41) is 7.36. The molecule has 2 heterocycles. The lowest BCUT2D eigenvalue weighted by Gasteiger charge is -2.19. The Morgan fingerprint density at radius 1 is 1.21 bits per heavy atom. The molecule has 1 N–H and O–H groups in total. The van der Waals surface area contributed by atoms with Crippen molar-refractivity contribution in [1.82, 2.24) is 15.1 Å². The molecule has 1 amide bonds. The number of nitrogens with one attached hydrogen (secondary N) is 1. The fourth-order valence-corrected chi connectivity index (χ4v) is 3.67. The van der Waals surface area contributed by atoms with E-state index in [-0.39, 0.29) is 17.9 Å². The second kappa shape index (κ2) is 8.92. The summed E-state index contributed by atoms with van der Waals surface area (Å²) in [6.45, 7) is 1.91. The lowest BCUT2D eigenvalue weighted by molar-refractivity contribution is 0.0846. The summed E-state index contributed by atoms with van der Waals surface area (Å²) in [7, 11) is 1.65. The van der Waals surface area contributed by atoms with Crippen molar-refractivity contribution in [3.05, 3.63) is 83.7 Å². The summed E-state index contributed by atoms with van der Waals surface area (Å²) >= 11 is 0. The Hall–Kier alpha value is -3.12. The zero-order chi connectivity index (χ0) is 20.1. The van der Waals surface area contributed by atoms with Crippen LogP contribution >= 0.6 is 0 Å². The zero-order valence-electron chi connectivity index (χ0n) is 16.5. The highest BCUT2D eigenvalue weighted by atomic mass is 16.5. The van der Waals surface area contributed by atoms with Gasteiger partial charge in [-0.2, -0.15) is 5.10 Å². The first-order valence-corrected chi connectivity index (χ1v) is 9.83. The Morgan fingerprint density at radius 2 is 2.00 bits per heavy atom. The maximum atomic E-state index is 12.6. The first-order chi connectivity index (χ1) is 14.2. The number of ether oxygens (including phenoxy) is 2. The molecular weight excluding hydrogens is 366 g/mol. The van der Waals surface area contributed by atoms with Gasteiger partial charge in [-0.25, -0.2) is 0 Å². The van der Waals surface area contributed by atoms with E-state index in [1.54, 1.807) is 24.2 Å². The van der Waals surface area contributed by atoms with Crippen molar-refractivity contribution in [2.75, 3.05) is 20.3 Å². The van der Waals surface area contributed by atoms with Gasteiger partial charge in [0.05, 0.1) is 31.5 Å². The van der Waals surface area contributed by atoms with Crippen molar-refractivity contribution in [1.29, 1.82) is 0 Å². The third-order valence-corrected chi connectivity index (χ3v) is 5.27. The van der Waals surface area contributed by atoms with Gasteiger partial charge in [0.15, 0.2) is 0 Å². The Bertz CT molecular complexity index is 938. The van der Waals surface area contributed by atoms with Gasteiger partial charge in [0.2, 0.25) is 0 Å².